The average Bonchev–Trinajstić information content (AvgIpc) is 3.29. The Balaban J connectivity index is 1.61. The molecule has 0 spiro atoms. The highest BCUT2D eigenvalue weighted by Gasteiger charge is 2.56. The molecule has 2 aromatic heterocycles. The molecule has 0 saturated heterocycles. The Bertz CT molecular complexity index is 1050. The van der Waals surface area contributed by atoms with Crippen LogP contribution in [-0.2, 0) is 5.41 Å². The summed E-state index contributed by atoms with van der Waals surface area (Å²) in [5, 5.41) is 20.7. The van der Waals surface area contributed by atoms with Gasteiger partial charge in [-0.1, -0.05) is 29.3 Å². The second-order valence-corrected chi connectivity index (χ2v) is 8.73. The lowest BCUT2D eigenvalue weighted by molar-refractivity contribution is 0.0521. The van der Waals surface area contributed by atoms with E-state index >= 15 is 0 Å². The topological polar surface area (TPSA) is 59.7 Å². The van der Waals surface area contributed by atoms with E-state index < -0.39 is 5.60 Å². The Morgan fingerprint density at radius 1 is 1.11 bits per heavy atom. The summed E-state index contributed by atoms with van der Waals surface area (Å²) in [6.45, 7) is 1.91. The molecule has 2 saturated carbocycles. The number of fused-ring (bicyclic) bond motifs is 3. The largest absolute Gasteiger partial charge is 0.453 e. The van der Waals surface area contributed by atoms with E-state index in [1.165, 1.54) is 0 Å². The summed E-state index contributed by atoms with van der Waals surface area (Å²) < 4.78 is 8.04. The summed E-state index contributed by atoms with van der Waals surface area (Å²) in [6.07, 6.45) is 6.02. The fraction of sp³-hybridized carbons (Fsp3) is 0.400. The quantitative estimate of drug-likeness (QED) is 0.661. The van der Waals surface area contributed by atoms with Crippen molar-refractivity contribution < 1.29 is 9.84 Å². The lowest BCUT2D eigenvalue weighted by Crippen LogP contribution is -2.23. The van der Waals surface area contributed by atoms with Crippen molar-refractivity contribution in [2.75, 3.05) is 0 Å². The number of hydrogen-bond acceptors (Lipinski definition) is 4. The second kappa shape index (κ2) is 5.84. The van der Waals surface area contributed by atoms with E-state index in [1.807, 2.05) is 35.7 Å². The molecular formula is C20H19Cl2N3O2. The van der Waals surface area contributed by atoms with Crippen molar-refractivity contribution in [3.63, 3.8) is 0 Å². The number of hydrogen-bond donors (Lipinski definition) is 1. The Morgan fingerprint density at radius 3 is 2.59 bits per heavy atom. The van der Waals surface area contributed by atoms with Crippen molar-refractivity contribution >= 4 is 28.8 Å². The Hall–Kier alpha value is -1.82. The fourth-order valence-electron chi connectivity index (χ4n) is 4.67. The average molecular weight is 404 g/mol. The van der Waals surface area contributed by atoms with Crippen LogP contribution in [0.15, 0.2) is 30.5 Å². The minimum absolute atomic E-state index is 0.137. The third-order valence-corrected chi connectivity index (χ3v) is 6.77. The number of benzene rings is 1. The maximum absolute atomic E-state index is 10.6. The minimum atomic E-state index is -0.554. The monoisotopic (exact) mass is 403 g/mol. The number of pyridine rings is 1. The van der Waals surface area contributed by atoms with E-state index in [-0.39, 0.29) is 5.41 Å². The molecule has 2 aliphatic carbocycles. The second-order valence-electron chi connectivity index (χ2n) is 7.89. The molecule has 0 amide bonds. The number of aromatic nitrogens is 3. The number of rotatable bonds is 3. The van der Waals surface area contributed by atoms with Crippen molar-refractivity contribution in [2.24, 2.45) is 0 Å². The maximum Gasteiger partial charge on any atom is 0.204 e. The van der Waals surface area contributed by atoms with Gasteiger partial charge >= 0.3 is 0 Å². The van der Waals surface area contributed by atoms with E-state index in [2.05, 4.69) is 10.2 Å². The predicted molar refractivity (Wildman–Crippen MR) is 104 cm³/mol. The molecule has 140 valence electrons. The van der Waals surface area contributed by atoms with Crippen LogP contribution in [0, 0.1) is 6.92 Å². The summed E-state index contributed by atoms with van der Waals surface area (Å²) in [4.78, 5) is 0. The van der Waals surface area contributed by atoms with Crippen LogP contribution in [0.2, 0.25) is 10.0 Å². The van der Waals surface area contributed by atoms with Gasteiger partial charge < -0.3 is 9.84 Å². The smallest absolute Gasteiger partial charge is 0.204 e. The van der Waals surface area contributed by atoms with E-state index in [1.54, 1.807) is 6.07 Å². The van der Waals surface area contributed by atoms with Crippen molar-refractivity contribution in [1.82, 2.24) is 14.6 Å². The number of aliphatic hydroxyl groups is 1. The normalized spacial score (nSPS) is 26.8. The van der Waals surface area contributed by atoms with Crippen LogP contribution in [0.3, 0.4) is 0 Å². The van der Waals surface area contributed by atoms with Gasteiger partial charge in [-0.15, -0.1) is 10.2 Å². The summed E-state index contributed by atoms with van der Waals surface area (Å²) >= 11 is 12.6. The molecule has 2 bridgehead atoms. The zero-order valence-electron chi connectivity index (χ0n) is 14.9. The van der Waals surface area contributed by atoms with Crippen LogP contribution >= 0.6 is 23.2 Å². The molecular weight excluding hydrogens is 385 g/mol. The molecule has 27 heavy (non-hydrogen) atoms. The van der Waals surface area contributed by atoms with E-state index in [4.69, 9.17) is 27.9 Å². The van der Waals surface area contributed by atoms with Crippen molar-refractivity contribution in [3.8, 4) is 11.5 Å². The molecule has 7 heteroatoms. The first-order valence-electron chi connectivity index (χ1n) is 9.09. The molecule has 0 atom stereocenters. The van der Waals surface area contributed by atoms with Crippen LogP contribution in [0.1, 0.15) is 43.5 Å². The highest BCUT2D eigenvalue weighted by molar-refractivity contribution is 6.31. The summed E-state index contributed by atoms with van der Waals surface area (Å²) in [5.74, 6) is 2.06. The Morgan fingerprint density at radius 2 is 1.89 bits per heavy atom. The Labute approximate surface area is 166 Å². The highest BCUT2D eigenvalue weighted by Crippen LogP contribution is 2.57. The highest BCUT2D eigenvalue weighted by atomic mass is 35.5. The van der Waals surface area contributed by atoms with Gasteiger partial charge in [0.1, 0.15) is 11.6 Å². The zero-order chi connectivity index (χ0) is 18.8. The lowest BCUT2D eigenvalue weighted by atomic mass is 9.83. The third-order valence-electron chi connectivity index (χ3n) is 6.16. The molecule has 3 aromatic rings. The molecule has 2 fully saturated rings. The first-order valence-corrected chi connectivity index (χ1v) is 9.85. The number of halogens is 2. The standard InChI is InChI=1S/C20H19Cl2N3O2/c1-12-14(22)3-2-4-15(12)27-16-9-13(21)10-25-17(16)23-24-18(25)19-5-7-20(26,11-19)8-6-19/h2-4,9-10,26H,5-8,11H2,1H3. The van der Waals surface area contributed by atoms with E-state index in [0.29, 0.717) is 27.2 Å². The summed E-state index contributed by atoms with van der Waals surface area (Å²) in [7, 11) is 0. The van der Waals surface area contributed by atoms with Gasteiger partial charge in [-0.25, -0.2) is 0 Å². The van der Waals surface area contributed by atoms with Crippen molar-refractivity contribution in [2.45, 2.75) is 50.0 Å². The van der Waals surface area contributed by atoms with Crippen LogP contribution in [0.5, 0.6) is 11.5 Å². The third kappa shape index (κ3) is 2.64. The molecule has 1 aromatic carbocycles. The van der Waals surface area contributed by atoms with Crippen LogP contribution in [-0.4, -0.2) is 25.3 Å². The molecule has 1 N–H and O–H groups in total. The maximum atomic E-state index is 10.6. The van der Waals surface area contributed by atoms with Gasteiger partial charge in [0.25, 0.3) is 0 Å². The van der Waals surface area contributed by atoms with E-state index in [0.717, 1.165) is 43.5 Å². The van der Waals surface area contributed by atoms with Gasteiger partial charge in [0.05, 0.1) is 10.6 Å². The first-order chi connectivity index (χ1) is 12.9. The van der Waals surface area contributed by atoms with Gasteiger partial charge in [-0.3, -0.25) is 4.40 Å². The molecule has 0 radical (unpaired) electrons. The predicted octanol–water partition coefficient (Wildman–Crippen LogP) is 5.08. The molecule has 5 rings (SSSR count). The molecule has 5 nitrogen and oxygen atoms in total. The van der Waals surface area contributed by atoms with Crippen molar-refractivity contribution in [1.29, 1.82) is 0 Å². The number of nitrogens with zero attached hydrogens (tertiary/aromatic N) is 3. The fourth-order valence-corrected chi connectivity index (χ4v) is 5.03. The van der Waals surface area contributed by atoms with Gasteiger partial charge in [0.15, 0.2) is 5.75 Å². The van der Waals surface area contributed by atoms with Gasteiger partial charge in [0.2, 0.25) is 5.65 Å². The van der Waals surface area contributed by atoms with Gasteiger partial charge in [0, 0.05) is 28.3 Å². The van der Waals surface area contributed by atoms with Gasteiger partial charge in [-0.2, -0.15) is 0 Å². The molecule has 0 aliphatic heterocycles. The molecule has 2 heterocycles. The summed E-state index contributed by atoms with van der Waals surface area (Å²) in [5.41, 5.74) is 0.779. The minimum Gasteiger partial charge on any atom is -0.453 e. The van der Waals surface area contributed by atoms with Gasteiger partial charge in [-0.05, 0) is 51.2 Å². The zero-order valence-corrected chi connectivity index (χ0v) is 16.4. The van der Waals surface area contributed by atoms with Crippen molar-refractivity contribution in [3.05, 3.63) is 51.9 Å². The summed E-state index contributed by atoms with van der Waals surface area (Å²) in [6, 6.07) is 7.28. The molecule has 0 unspecified atom stereocenters. The lowest BCUT2D eigenvalue weighted by Gasteiger charge is -2.24. The Kier molecular flexibility index (Phi) is 3.74. The van der Waals surface area contributed by atoms with Crippen LogP contribution in [0.25, 0.3) is 5.65 Å². The molecule has 2 aliphatic rings. The first kappa shape index (κ1) is 17.3. The van der Waals surface area contributed by atoms with Crippen LogP contribution in [0.4, 0.5) is 0 Å². The van der Waals surface area contributed by atoms with E-state index in [9.17, 15) is 5.11 Å². The SMILES string of the molecule is Cc1c(Cl)cccc1Oc1cc(Cl)cn2c(C34CCC(O)(CC3)C4)nnc12. The van der Waals surface area contributed by atoms with Crippen LogP contribution < -0.4 is 4.74 Å². The number of ether oxygens (including phenoxy) is 1.